The molecule has 6 nitrogen and oxygen atoms in total. The maximum Gasteiger partial charge on any atom is 0.358 e. The van der Waals surface area contributed by atoms with Gasteiger partial charge in [0.25, 0.3) is 0 Å². The number of esters is 1. The lowest BCUT2D eigenvalue weighted by Crippen LogP contribution is -2.27. The van der Waals surface area contributed by atoms with E-state index in [0.717, 1.165) is 5.56 Å². The van der Waals surface area contributed by atoms with Crippen LogP contribution in [-0.4, -0.2) is 40.8 Å². The van der Waals surface area contributed by atoms with Crippen molar-refractivity contribution in [2.75, 3.05) is 19.0 Å². The van der Waals surface area contributed by atoms with Gasteiger partial charge in [0.1, 0.15) is 5.82 Å². The van der Waals surface area contributed by atoms with E-state index in [1.165, 1.54) is 19.5 Å². The second kappa shape index (κ2) is 7.35. The van der Waals surface area contributed by atoms with Crippen LogP contribution < -0.4 is 5.32 Å². The minimum atomic E-state index is -0.547. The van der Waals surface area contributed by atoms with Crippen LogP contribution >= 0.6 is 0 Å². The van der Waals surface area contributed by atoms with Crippen LogP contribution in [-0.2, 0) is 11.2 Å². The third-order valence-corrected chi connectivity index (χ3v) is 2.93. The number of hydrogen-bond donors (Lipinski definition) is 2. The predicted molar refractivity (Wildman–Crippen MR) is 78.0 cm³/mol. The number of anilines is 1. The number of aliphatic hydroxyl groups excluding tert-OH is 1. The van der Waals surface area contributed by atoms with Crippen molar-refractivity contribution in [2.24, 2.45) is 0 Å². The number of aromatic nitrogens is 2. The quantitative estimate of drug-likeness (QED) is 0.779. The zero-order valence-electron chi connectivity index (χ0n) is 11.7. The van der Waals surface area contributed by atoms with Crippen LogP contribution in [0.5, 0.6) is 0 Å². The Morgan fingerprint density at radius 2 is 2.10 bits per heavy atom. The topological polar surface area (TPSA) is 84.3 Å². The molecule has 0 saturated heterocycles. The van der Waals surface area contributed by atoms with E-state index in [0.29, 0.717) is 12.2 Å². The van der Waals surface area contributed by atoms with Crippen molar-refractivity contribution in [1.82, 2.24) is 9.97 Å². The molecule has 0 bridgehead atoms. The van der Waals surface area contributed by atoms with Gasteiger partial charge in [0.2, 0.25) is 0 Å². The lowest BCUT2D eigenvalue weighted by Gasteiger charge is -2.17. The smallest absolute Gasteiger partial charge is 0.358 e. The second-order valence-electron chi connectivity index (χ2n) is 4.49. The minimum Gasteiger partial charge on any atom is -0.464 e. The number of carbonyl (C=O) groups is 1. The second-order valence-corrected chi connectivity index (χ2v) is 4.49. The molecule has 110 valence electrons. The Balaban J connectivity index is 2.06. The van der Waals surface area contributed by atoms with Crippen LogP contribution in [0.2, 0.25) is 0 Å². The third-order valence-electron chi connectivity index (χ3n) is 2.93. The van der Waals surface area contributed by atoms with Crippen molar-refractivity contribution in [1.29, 1.82) is 0 Å². The molecule has 1 heterocycles. The van der Waals surface area contributed by atoms with Gasteiger partial charge in [-0.3, -0.25) is 4.98 Å². The molecule has 0 radical (unpaired) electrons. The maximum absolute atomic E-state index is 11.4. The van der Waals surface area contributed by atoms with E-state index in [9.17, 15) is 9.90 Å². The fourth-order valence-corrected chi connectivity index (χ4v) is 1.91. The summed E-state index contributed by atoms with van der Waals surface area (Å²) in [4.78, 5) is 19.5. The summed E-state index contributed by atoms with van der Waals surface area (Å²) in [5, 5.41) is 12.5. The molecule has 2 aromatic rings. The first kappa shape index (κ1) is 14.9. The number of hydrogen-bond acceptors (Lipinski definition) is 6. The van der Waals surface area contributed by atoms with E-state index in [-0.39, 0.29) is 18.3 Å². The summed E-state index contributed by atoms with van der Waals surface area (Å²) in [7, 11) is 1.29. The SMILES string of the molecule is COC(=O)c1cncc(NC(CO)Cc2ccccc2)n1. The Kier molecular flexibility index (Phi) is 5.22. The van der Waals surface area contributed by atoms with Gasteiger partial charge in [-0.15, -0.1) is 0 Å². The van der Waals surface area contributed by atoms with Crippen LogP contribution in [0.3, 0.4) is 0 Å². The third kappa shape index (κ3) is 4.25. The van der Waals surface area contributed by atoms with Crippen molar-refractivity contribution >= 4 is 11.8 Å². The lowest BCUT2D eigenvalue weighted by atomic mass is 10.1. The van der Waals surface area contributed by atoms with Crippen molar-refractivity contribution < 1.29 is 14.6 Å². The van der Waals surface area contributed by atoms with E-state index in [1.807, 2.05) is 30.3 Å². The average molecular weight is 287 g/mol. The van der Waals surface area contributed by atoms with E-state index in [4.69, 9.17) is 0 Å². The standard InChI is InChI=1S/C15H17N3O3/c1-21-15(20)13-8-16-9-14(18-13)17-12(10-19)7-11-5-3-2-4-6-11/h2-6,8-9,12,19H,7,10H2,1H3,(H,17,18). The Hall–Kier alpha value is -2.47. The van der Waals surface area contributed by atoms with Gasteiger partial charge in [-0.1, -0.05) is 30.3 Å². The Bertz CT molecular complexity index is 590. The van der Waals surface area contributed by atoms with E-state index >= 15 is 0 Å². The highest BCUT2D eigenvalue weighted by Gasteiger charge is 2.12. The Morgan fingerprint density at radius 3 is 2.76 bits per heavy atom. The number of benzene rings is 1. The van der Waals surface area contributed by atoms with Gasteiger partial charge in [0.05, 0.1) is 32.2 Å². The molecule has 6 heteroatoms. The first-order valence-electron chi connectivity index (χ1n) is 6.54. The fourth-order valence-electron chi connectivity index (χ4n) is 1.91. The highest BCUT2D eigenvalue weighted by Crippen LogP contribution is 2.09. The summed E-state index contributed by atoms with van der Waals surface area (Å²) >= 11 is 0. The lowest BCUT2D eigenvalue weighted by molar-refractivity contribution is 0.0593. The van der Waals surface area contributed by atoms with Crippen molar-refractivity contribution in [3.05, 3.63) is 54.0 Å². The minimum absolute atomic E-state index is 0.0565. The largest absolute Gasteiger partial charge is 0.464 e. The maximum atomic E-state index is 11.4. The summed E-state index contributed by atoms with van der Waals surface area (Å²) in [5.74, 6) is -0.123. The molecule has 1 aromatic carbocycles. The Morgan fingerprint density at radius 1 is 1.33 bits per heavy atom. The number of aliphatic hydroxyl groups is 1. The van der Waals surface area contributed by atoms with Gasteiger partial charge in [-0.25, -0.2) is 9.78 Å². The summed E-state index contributed by atoms with van der Waals surface area (Å²) in [6, 6.07) is 9.59. The van der Waals surface area contributed by atoms with E-state index in [1.54, 1.807) is 0 Å². The van der Waals surface area contributed by atoms with Gasteiger partial charge < -0.3 is 15.2 Å². The molecule has 1 unspecified atom stereocenters. The number of carbonyl (C=O) groups excluding carboxylic acids is 1. The molecule has 21 heavy (non-hydrogen) atoms. The van der Waals surface area contributed by atoms with Crippen molar-refractivity contribution in [3.63, 3.8) is 0 Å². The zero-order chi connectivity index (χ0) is 15.1. The van der Waals surface area contributed by atoms with Crippen LogP contribution in [0.15, 0.2) is 42.7 Å². The molecule has 0 aliphatic heterocycles. The molecular formula is C15H17N3O3. The molecule has 2 N–H and O–H groups in total. The number of rotatable bonds is 6. The predicted octanol–water partition coefficient (Wildman–Crippen LogP) is 1.28. The molecule has 2 rings (SSSR count). The van der Waals surface area contributed by atoms with E-state index in [2.05, 4.69) is 20.0 Å². The van der Waals surface area contributed by atoms with Crippen LogP contribution in [0, 0.1) is 0 Å². The van der Waals surface area contributed by atoms with Gasteiger partial charge in [-0.2, -0.15) is 0 Å². The van der Waals surface area contributed by atoms with Crippen LogP contribution in [0.4, 0.5) is 5.82 Å². The monoisotopic (exact) mass is 287 g/mol. The molecule has 0 saturated carbocycles. The first-order chi connectivity index (χ1) is 10.2. The number of nitrogens with zero attached hydrogens (tertiary/aromatic N) is 2. The van der Waals surface area contributed by atoms with Gasteiger partial charge in [0, 0.05) is 0 Å². The average Bonchev–Trinajstić information content (AvgIpc) is 2.54. The van der Waals surface area contributed by atoms with Gasteiger partial charge in [-0.05, 0) is 12.0 Å². The van der Waals surface area contributed by atoms with Crippen molar-refractivity contribution in [2.45, 2.75) is 12.5 Å². The summed E-state index contributed by atoms with van der Waals surface area (Å²) in [6.45, 7) is -0.0565. The zero-order valence-corrected chi connectivity index (χ0v) is 11.7. The van der Waals surface area contributed by atoms with Gasteiger partial charge in [0.15, 0.2) is 5.69 Å². The van der Waals surface area contributed by atoms with Crippen molar-refractivity contribution in [3.8, 4) is 0 Å². The normalized spacial score (nSPS) is 11.7. The molecular weight excluding hydrogens is 270 g/mol. The summed E-state index contributed by atoms with van der Waals surface area (Å²) in [5.41, 5.74) is 1.22. The summed E-state index contributed by atoms with van der Waals surface area (Å²) < 4.78 is 4.60. The number of methoxy groups -OCH3 is 1. The summed E-state index contributed by atoms with van der Waals surface area (Å²) in [6.07, 6.45) is 3.48. The highest BCUT2D eigenvalue weighted by atomic mass is 16.5. The molecule has 0 fully saturated rings. The number of ether oxygens (including phenoxy) is 1. The molecule has 0 spiro atoms. The molecule has 0 aliphatic carbocycles. The molecule has 1 aromatic heterocycles. The van der Waals surface area contributed by atoms with Crippen LogP contribution in [0.25, 0.3) is 0 Å². The Labute approximate surface area is 122 Å². The number of nitrogens with one attached hydrogen (secondary N) is 1. The van der Waals surface area contributed by atoms with E-state index < -0.39 is 5.97 Å². The molecule has 0 amide bonds. The molecule has 0 aliphatic rings. The van der Waals surface area contributed by atoms with Crippen LogP contribution in [0.1, 0.15) is 16.1 Å². The highest BCUT2D eigenvalue weighted by molar-refractivity contribution is 5.87. The first-order valence-corrected chi connectivity index (χ1v) is 6.54. The van der Waals surface area contributed by atoms with Gasteiger partial charge >= 0.3 is 5.97 Å². The molecule has 1 atom stereocenters. The fraction of sp³-hybridized carbons (Fsp3) is 0.267.